The highest BCUT2D eigenvalue weighted by Gasteiger charge is 2.41. The zero-order valence-electron chi connectivity index (χ0n) is 19.1. The third-order valence-electron chi connectivity index (χ3n) is 5.94. The largest absolute Gasteiger partial charge is 0.377 e. The summed E-state index contributed by atoms with van der Waals surface area (Å²) in [6.07, 6.45) is 1.42. The van der Waals surface area contributed by atoms with Crippen LogP contribution in [0, 0.1) is 0 Å². The van der Waals surface area contributed by atoms with E-state index in [2.05, 4.69) is 76.4 Å². The summed E-state index contributed by atoms with van der Waals surface area (Å²) < 4.78 is 12.1. The molecule has 0 aliphatic carbocycles. The van der Waals surface area contributed by atoms with Crippen LogP contribution in [0.4, 0.5) is 0 Å². The highest BCUT2D eigenvalue weighted by atomic mass is 16.5. The van der Waals surface area contributed by atoms with Gasteiger partial charge in [0.15, 0.2) is 5.96 Å². The van der Waals surface area contributed by atoms with E-state index < -0.39 is 0 Å². The second kappa shape index (κ2) is 11.6. The van der Waals surface area contributed by atoms with Crippen molar-refractivity contribution in [1.82, 2.24) is 20.0 Å². The van der Waals surface area contributed by atoms with Crippen LogP contribution in [0.3, 0.4) is 0 Å². The van der Waals surface area contributed by atoms with Gasteiger partial charge < -0.3 is 24.6 Å². The third-order valence-corrected chi connectivity index (χ3v) is 5.94. The summed E-state index contributed by atoms with van der Waals surface area (Å²) >= 11 is 0. The Morgan fingerprint density at radius 1 is 1.30 bits per heavy atom. The van der Waals surface area contributed by atoms with E-state index in [1.54, 1.807) is 0 Å². The second-order valence-corrected chi connectivity index (χ2v) is 8.44. The van der Waals surface area contributed by atoms with Gasteiger partial charge in [-0.1, -0.05) is 30.3 Å². The average Bonchev–Trinajstić information content (AvgIpc) is 3.18. The second-order valence-electron chi connectivity index (χ2n) is 8.44. The molecule has 168 valence electrons. The summed E-state index contributed by atoms with van der Waals surface area (Å²) in [6, 6.07) is 11.1. The molecule has 0 amide bonds. The molecule has 0 spiro atoms. The molecule has 7 heteroatoms. The summed E-state index contributed by atoms with van der Waals surface area (Å²) in [4.78, 5) is 11.7. The number of nitrogens with zero attached hydrogens (tertiary/aromatic N) is 4. The van der Waals surface area contributed by atoms with Gasteiger partial charge >= 0.3 is 0 Å². The first-order chi connectivity index (χ1) is 14.6. The van der Waals surface area contributed by atoms with Crippen LogP contribution >= 0.6 is 0 Å². The van der Waals surface area contributed by atoms with E-state index in [1.165, 1.54) is 5.56 Å². The first kappa shape index (κ1) is 23.0. The van der Waals surface area contributed by atoms with Gasteiger partial charge in [0.2, 0.25) is 0 Å². The Morgan fingerprint density at radius 3 is 2.80 bits per heavy atom. The number of hydrogen-bond acceptors (Lipinski definition) is 5. The summed E-state index contributed by atoms with van der Waals surface area (Å²) in [7, 11) is 6.06. The smallest absolute Gasteiger partial charge is 0.193 e. The first-order valence-corrected chi connectivity index (χ1v) is 11.2. The molecule has 2 heterocycles. The maximum absolute atomic E-state index is 6.13. The van der Waals surface area contributed by atoms with Crippen molar-refractivity contribution < 1.29 is 9.47 Å². The van der Waals surface area contributed by atoms with Crippen LogP contribution in [0.25, 0.3) is 0 Å². The lowest BCUT2D eigenvalue weighted by Gasteiger charge is -2.36. The van der Waals surface area contributed by atoms with E-state index in [9.17, 15) is 0 Å². The predicted octanol–water partition coefficient (Wildman–Crippen LogP) is 1.50. The summed E-state index contributed by atoms with van der Waals surface area (Å²) in [5.74, 6) is 0.946. The quantitative estimate of drug-likeness (QED) is 0.486. The molecule has 3 rings (SSSR count). The van der Waals surface area contributed by atoms with Crippen LogP contribution in [0.5, 0.6) is 0 Å². The van der Waals surface area contributed by atoms with Crippen molar-refractivity contribution >= 4 is 5.96 Å². The van der Waals surface area contributed by atoms with Crippen LogP contribution in [0.1, 0.15) is 18.9 Å². The van der Waals surface area contributed by atoms with E-state index in [0.29, 0.717) is 6.04 Å². The molecule has 1 aromatic carbocycles. The molecule has 30 heavy (non-hydrogen) atoms. The van der Waals surface area contributed by atoms with Crippen molar-refractivity contribution in [3.63, 3.8) is 0 Å². The molecular formula is C23H39N5O2. The lowest BCUT2D eigenvalue weighted by Crippen LogP contribution is -2.50. The number of aliphatic imine (C=N–C) groups is 1. The third kappa shape index (κ3) is 6.41. The Bertz CT molecular complexity index is 654. The highest BCUT2D eigenvalue weighted by Crippen LogP contribution is 2.24. The molecule has 1 N–H and O–H groups in total. The molecular weight excluding hydrogens is 378 g/mol. The standard InChI is InChI=1S/C23H39N5O2/c1-5-29-20(11-12-26(3)4)15-25-23(24-2)28-17-21-22(18-28)30-14-13-27(21)16-19-9-7-6-8-10-19/h6-10,20-22H,5,11-18H2,1-4H3,(H,24,25). The minimum absolute atomic E-state index is 0.185. The fourth-order valence-electron chi connectivity index (χ4n) is 4.37. The lowest BCUT2D eigenvalue weighted by molar-refractivity contribution is -0.0502. The molecule has 2 aliphatic heterocycles. The number of ether oxygens (including phenoxy) is 2. The van der Waals surface area contributed by atoms with Crippen LogP contribution in [0.2, 0.25) is 0 Å². The van der Waals surface area contributed by atoms with Gasteiger partial charge in [-0.2, -0.15) is 0 Å². The molecule has 3 atom stereocenters. The fraction of sp³-hybridized carbons (Fsp3) is 0.696. The van der Waals surface area contributed by atoms with Gasteiger partial charge in [-0.3, -0.25) is 9.89 Å². The molecule has 2 aliphatic rings. The van der Waals surface area contributed by atoms with Gasteiger partial charge in [0.05, 0.1) is 24.9 Å². The Morgan fingerprint density at radius 2 is 2.10 bits per heavy atom. The normalized spacial score (nSPS) is 23.6. The topological polar surface area (TPSA) is 52.6 Å². The summed E-state index contributed by atoms with van der Waals surface area (Å²) in [5.41, 5.74) is 1.36. The summed E-state index contributed by atoms with van der Waals surface area (Å²) in [5, 5.41) is 3.55. The maximum atomic E-state index is 6.13. The SMILES string of the molecule is CCOC(CCN(C)C)CNC(=NC)N1CC2OCCN(Cc3ccccc3)C2C1. The molecule has 1 aromatic rings. The number of benzene rings is 1. The van der Waals surface area contributed by atoms with Gasteiger partial charge in [-0.05, 0) is 33.0 Å². The Hall–Kier alpha value is -1.67. The van der Waals surface area contributed by atoms with Crippen LogP contribution in [-0.2, 0) is 16.0 Å². The van der Waals surface area contributed by atoms with Crippen molar-refractivity contribution in [1.29, 1.82) is 0 Å². The zero-order chi connectivity index (χ0) is 21.3. The molecule has 7 nitrogen and oxygen atoms in total. The Balaban J connectivity index is 1.56. The maximum Gasteiger partial charge on any atom is 0.193 e. The highest BCUT2D eigenvalue weighted by molar-refractivity contribution is 5.80. The van der Waals surface area contributed by atoms with E-state index in [4.69, 9.17) is 9.47 Å². The van der Waals surface area contributed by atoms with E-state index in [0.717, 1.165) is 64.9 Å². The monoisotopic (exact) mass is 417 g/mol. The van der Waals surface area contributed by atoms with E-state index in [-0.39, 0.29) is 12.2 Å². The van der Waals surface area contributed by atoms with Crippen molar-refractivity contribution in [2.24, 2.45) is 4.99 Å². The molecule has 0 saturated carbocycles. The molecule has 0 aromatic heterocycles. The Kier molecular flexibility index (Phi) is 8.93. The molecule has 2 saturated heterocycles. The number of morpholine rings is 1. The lowest BCUT2D eigenvalue weighted by atomic mass is 10.1. The van der Waals surface area contributed by atoms with Gasteiger partial charge in [0.1, 0.15) is 0 Å². The van der Waals surface area contributed by atoms with Gasteiger partial charge in [0, 0.05) is 52.9 Å². The van der Waals surface area contributed by atoms with Crippen LogP contribution in [0.15, 0.2) is 35.3 Å². The van der Waals surface area contributed by atoms with Crippen molar-refractivity contribution in [2.75, 3.05) is 67.1 Å². The number of likely N-dealkylation sites (tertiary alicyclic amines) is 1. The predicted molar refractivity (Wildman–Crippen MR) is 122 cm³/mol. The molecule has 0 radical (unpaired) electrons. The molecule has 2 fully saturated rings. The van der Waals surface area contributed by atoms with Gasteiger partial charge in [0.25, 0.3) is 0 Å². The van der Waals surface area contributed by atoms with E-state index in [1.807, 2.05) is 7.05 Å². The van der Waals surface area contributed by atoms with Crippen molar-refractivity contribution in [3.05, 3.63) is 35.9 Å². The Labute approximate surface area is 182 Å². The first-order valence-electron chi connectivity index (χ1n) is 11.2. The number of nitrogens with one attached hydrogen (secondary N) is 1. The van der Waals surface area contributed by atoms with Crippen molar-refractivity contribution in [2.45, 2.75) is 38.1 Å². The van der Waals surface area contributed by atoms with E-state index >= 15 is 0 Å². The number of fused-ring (bicyclic) bond motifs is 1. The van der Waals surface area contributed by atoms with Gasteiger partial charge in [-0.25, -0.2) is 0 Å². The van der Waals surface area contributed by atoms with Crippen molar-refractivity contribution in [3.8, 4) is 0 Å². The zero-order valence-corrected chi connectivity index (χ0v) is 19.1. The van der Waals surface area contributed by atoms with Crippen LogP contribution < -0.4 is 5.32 Å². The van der Waals surface area contributed by atoms with Gasteiger partial charge in [-0.15, -0.1) is 0 Å². The average molecular weight is 418 g/mol. The fourth-order valence-corrected chi connectivity index (χ4v) is 4.37. The number of hydrogen-bond donors (Lipinski definition) is 1. The molecule has 3 unspecified atom stereocenters. The minimum atomic E-state index is 0.185. The van der Waals surface area contributed by atoms with Crippen LogP contribution in [-0.4, -0.2) is 106 Å². The number of guanidine groups is 1. The molecule has 0 bridgehead atoms. The minimum Gasteiger partial charge on any atom is -0.377 e. The number of rotatable bonds is 9. The summed E-state index contributed by atoms with van der Waals surface area (Å²) in [6.45, 7) is 9.15.